The number of nitrogens with zero attached hydrogens (tertiary/aromatic N) is 1. The van der Waals surface area contributed by atoms with Crippen molar-refractivity contribution < 1.29 is 9.59 Å². The number of benzene rings is 1. The average Bonchev–Trinajstić information content (AvgIpc) is 2.66. The third-order valence-electron chi connectivity index (χ3n) is 4.33. The van der Waals surface area contributed by atoms with E-state index in [4.69, 9.17) is 11.6 Å². The highest BCUT2D eigenvalue weighted by Gasteiger charge is 2.52. The molecule has 3 rings (SSSR count). The molecule has 1 aliphatic carbocycles. The van der Waals surface area contributed by atoms with Crippen LogP contribution in [0.4, 0.5) is 5.69 Å². The van der Waals surface area contributed by atoms with E-state index in [0.29, 0.717) is 23.6 Å². The third kappa shape index (κ3) is 2.57. The first-order chi connectivity index (χ1) is 9.90. The highest BCUT2D eigenvalue weighted by atomic mass is 79.9. The van der Waals surface area contributed by atoms with Crippen molar-refractivity contribution in [2.45, 2.75) is 29.4 Å². The van der Waals surface area contributed by atoms with Gasteiger partial charge in [0.1, 0.15) is 0 Å². The van der Waals surface area contributed by atoms with Gasteiger partial charge >= 0.3 is 0 Å². The predicted molar refractivity (Wildman–Crippen MR) is 90.3 cm³/mol. The van der Waals surface area contributed by atoms with Crippen LogP contribution in [0, 0.1) is 18.8 Å². The molecule has 2 fully saturated rings. The fourth-order valence-electron chi connectivity index (χ4n) is 3.07. The molecule has 112 valence electrons. The summed E-state index contributed by atoms with van der Waals surface area (Å²) in [5.74, 6) is -0.658. The van der Waals surface area contributed by atoms with Crippen LogP contribution in [-0.4, -0.2) is 21.5 Å². The van der Waals surface area contributed by atoms with Gasteiger partial charge in [-0.15, -0.1) is 0 Å². The van der Waals surface area contributed by atoms with Gasteiger partial charge in [0.2, 0.25) is 11.8 Å². The van der Waals surface area contributed by atoms with Crippen LogP contribution in [0.5, 0.6) is 0 Å². The third-order valence-corrected chi connectivity index (χ3v) is 7.47. The van der Waals surface area contributed by atoms with E-state index in [1.807, 2.05) is 13.0 Å². The van der Waals surface area contributed by atoms with Crippen LogP contribution in [-0.2, 0) is 9.59 Å². The number of imide groups is 1. The van der Waals surface area contributed by atoms with Gasteiger partial charge in [-0.25, -0.2) is 0 Å². The molecule has 1 aromatic carbocycles. The molecule has 2 amide bonds. The number of hydrogen-bond acceptors (Lipinski definition) is 2. The molecule has 0 aromatic heterocycles. The minimum atomic E-state index is -0.226. The molecule has 0 bridgehead atoms. The molecule has 1 saturated carbocycles. The zero-order valence-corrected chi connectivity index (χ0v) is 15.3. The average molecular weight is 436 g/mol. The molecule has 1 aromatic rings. The van der Waals surface area contributed by atoms with E-state index < -0.39 is 0 Å². The predicted octanol–water partition coefficient (Wildman–Crippen LogP) is 4.07. The number of hydrogen-bond donors (Lipinski definition) is 0. The van der Waals surface area contributed by atoms with E-state index in [1.54, 1.807) is 12.1 Å². The van der Waals surface area contributed by atoms with Gasteiger partial charge in [0.05, 0.1) is 17.5 Å². The summed E-state index contributed by atoms with van der Waals surface area (Å²) in [4.78, 5) is 27.0. The van der Waals surface area contributed by atoms with Crippen molar-refractivity contribution in [3.63, 3.8) is 0 Å². The first kappa shape index (κ1) is 15.5. The zero-order chi connectivity index (χ0) is 15.3. The summed E-state index contributed by atoms with van der Waals surface area (Å²) in [6.07, 6.45) is 1.36. The summed E-state index contributed by atoms with van der Waals surface area (Å²) >= 11 is 13.3. The lowest BCUT2D eigenvalue weighted by atomic mass is 9.81. The van der Waals surface area contributed by atoms with Gasteiger partial charge in [-0.2, -0.15) is 0 Å². The smallest absolute Gasteiger partial charge is 0.237 e. The van der Waals surface area contributed by atoms with Crippen molar-refractivity contribution in [3.05, 3.63) is 28.8 Å². The molecule has 1 saturated heterocycles. The van der Waals surface area contributed by atoms with Crippen molar-refractivity contribution in [2.24, 2.45) is 11.8 Å². The molecule has 3 nitrogen and oxygen atoms in total. The molecule has 0 spiro atoms. The summed E-state index contributed by atoms with van der Waals surface area (Å²) in [6.45, 7) is 1.89. The van der Waals surface area contributed by atoms with Crippen LogP contribution in [0.3, 0.4) is 0 Å². The Bertz CT molecular complexity index is 594. The lowest BCUT2D eigenvalue weighted by molar-refractivity contribution is -0.122. The minimum Gasteiger partial charge on any atom is -0.274 e. The standard InChI is InChI=1S/C15H14Br2ClNO2/c1-7-2-3-8(4-13(7)18)19-14(20)9-5-11(16)12(17)6-10(9)15(19)21/h2-4,9-12H,5-6H2,1H3/t9-,10-,11-,12+/m0/s1. The largest absolute Gasteiger partial charge is 0.274 e. The van der Waals surface area contributed by atoms with Gasteiger partial charge in [0, 0.05) is 14.7 Å². The maximum atomic E-state index is 12.6. The molecule has 2 aliphatic rings. The zero-order valence-electron chi connectivity index (χ0n) is 11.4. The quantitative estimate of drug-likeness (QED) is 0.493. The Morgan fingerprint density at radius 2 is 1.62 bits per heavy atom. The van der Waals surface area contributed by atoms with E-state index in [-0.39, 0.29) is 33.3 Å². The number of anilines is 1. The monoisotopic (exact) mass is 433 g/mol. The highest BCUT2D eigenvalue weighted by molar-refractivity contribution is 9.12. The van der Waals surface area contributed by atoms with E-state index in [0.717, 1.165) is 5.56 Å². The summed E-state index contributed by atoms with van der Waals surface area (Å²) < 4.78 is 0. The van der Waals surface area contributed by atoms with Crippen molar-refractivity contribution >= 4 is 61.0 Å². The van der Waals surface area contributed by atoms with Crippen LogP contribution < -0.4 is 4.90 Å². The van der Waals surface area contributed by atoms with E-state index in [9.17, 15) is 9.59 Å². The SMILES string of the molecule is Cc1ccc(N2C(=O)[C@H]3C[C@@H](Br)[C@@H](Br)C[C@@H]3C2=O)cc1Cl. The van der Waals surface area contributed by atoms with Crippen molar-refractivity contribution in [1.82, 2.24) is 0 Å². The fraction of sp³-hybridized carbons (Fsp3) is 0.467. The second kappa shape index (κ2) is 5.67. The Labute approximate surface area is 145 Å². The van der Waals surface area contributed by atoms with Gasteiger partial charge in [0.15, 0.2) is 0 Å². The molecular weight excluding hydrogens is 421 g/mol. The molecule has 0 N–H and O–H groups in total. The Morgan fingerprint density at radius 1 is 1.10 bits per heavy atom. The van der Waals surface area contributed by atoms with Gasteiger partial charge in [0.25, 0.3) is 0 Å². The van der Waals surface area contributed by atoms with E-state index in [2.05, 4.69) is 31.9 Å². The van der Waals surface area contributed by atoms with Crippen LogP contribution >= 0.6 is 43.5 Å². The lowest BCUT2D eigenvalue weighted by Crippen LogP contribution is -2.34. The van der Waals surface area contributed by atoms with Gasteiger partial charge in [-0.3, -0.25) is 14.5 Å². The van der Waals surface area contributed by atoms with Crippen molar-refractivity contribution in [2.75, 3.05) is 4.90 Å². The Balaban J connectivity index is 1.95. The van der Waals surface area contributed by atoms with Crippen LogP contribution in [0.2, 0.25) is 5.02 Å². The Morgan fingerprint density at radius 3 is 2.10 bits per heavy atom. The Kier molecular flexibility index (Phi) is 4.19. The maximum Gasteiger partial charge on any atom is 0.237 e. The molecule has 1 heterocycles. The number of halogens is 3. The highest BCUT2D eigenvalue weighted by Crippen LogP contribution is 2.44. The number of carbonyl (C=O) groups excluding carboxylic acids is 2. The number of carbonyl (C=O) groups is 2. The van der Waals surface area contributed by atoms with Crippen molar-refractivity contribution in [3.8, 4) is 0 Å². The minimum absolute atomic E-state index is 0.103. The summed E-state index contributed by atoms with van der Waals surface area (Å²) in [5.41, 5.74) is 1.50. The number of fused-ring (bicyclic) bond motifs is 1. The van der Waals surface area contributed by atoms with Gasteiger partial charge < -0.3 is 0 Å². The number of amides is 2. The maximum absolute atomic E-state index is 12.6. The first-order valence-corrected chi connectivity index (χ1v) is 9.03. The van der Waals surface area contributed by atoms with Crippen LogP contribution in [0.25, 0.3) is 0 Å². The van der Waals surface area contributed by atoms with Crippen LogP contribution in [0.1, 0.15) is 18.4 Å². The molecule has 0 unspecified atom stereocenters. The Hall–Kier alpha value is -0.390. The summed E-state index contributed by atoms with van der Waals surface area (Å²) in [5, 5.41) is 0.569. The molecular formula is C15H14Br2ClNO2. The molecule has 4 atom stereocenters. The molecule has 1 aliphatic heterocycles. The normalized spacial score (nSPS) is 32.5. The molecule has 0 radical (unpaired) electrons. The van der Waals surface area contributed by atoms with Crippen molar-refractivity contribution in [1.29, 1.82) is 0 Å². The first-order valence-electron chi connectivity index (χ1n) is 6.82. The van der Waals surface area contributed by atoms with Gasteiger partial charge in [-0.05, 0) is 37.5 Å². The van der Waals surface area contributed by atoms with E-state index >= 15 is 0 Å². The number of alkyl halides is 2. The lowest BCUT2D eigenvalue weighted by Gasteiger charge is -2.29. The molecule has 21 heavy (non-hydrogen) atoms. The van der Waals surface area contributed by atoms with Gasteiger partial charge in [-0.1, -0.05) is 49.5 Å². The summed E-state index contributed by atoms with van der Waals surface area (Å²) in [7, 11) is 0. The molecule has 6 heteroatoms. The summed E-state index contributed by atoms with van der Waals surface area (Å²) in [6, 6.07) is 5.31. The fourth-order valence-corrected chi connectivity index (χ4v) is 4.48. The second-order valence-electron chi connectivity index (χ2n) is 5.66. The second-order valence-corrected chi connectivity index (χ2v) is 8.42. The topological polar surface area (TPSA) is 37.4 Å². The number of rotatable bonds is 1. The van der Waals surface area contributed by atoms with E-state index in [1.165, 1.54) is 4.90 Å². The number of aryl methyl sites for hydroxylation is 1. The van der Waals surface area contributed by atoms with Crippen LogP contribution in [0.15, 0.2) is 18.2 Å².